The number of allylic oxidation sites excluding steroid dienone is 1. The van der Waals surface area contributed by atoms with Crippen LogP contribution in [-0.2, 0) is 4.79 Å². The summed E-state index contributed by atoms with van der Waals surface area (Å²) in [6.45, 7) is 0. The molecule has 2 aromatic carbocycles. The molecule has 0 aliphatic heterocycles. The number of fused-ring (bicyclic) bond motifs is 1. The Bertz CT molecular complexity index is 1370. The van der Waals surface area contributed by atoms with Gasteiger partial charge in [-0.25, -0.2) is 9.78 Å². The minimum atomic E-state index is -0.966. The third kappa shape index (κ3) is 4.22. The number of pyridine rings is 1. The number of hydrogen-bond donors (Lipinski definition) is 1. The van der Waals surface area contributed by atoms with Crippen molar-refractivity contribution < 1.29 is 9.90 Å². The zero-order valence-corrected chi connectivity index (χ0v) is 18.6. The van der Waals surface area contributed by atoms with E-state index in [0.29, 0.717) is 10.9 Å². The lowest BCUT2D eigenvalue weighted by Gasteiger charge is -2.17. The lowest BCUT2D eigenvalue weighted by atomic mass is 9.88. The highest BCUT2D eigenvalue weighted by Gasteiger charge is 2.32. The number of carboxylic acid groups (broad SMARTS) is 1. The number of benzene rings is 2. The van der Waals surface area contributed by atoms with Crippen molar-refractivity contribution in [3.8, 4) is 0 Å². The van der Waals surface area contributed by atoms with Gasteiger partial charge in [-0.2, -0.15) is 0 Å². The Hall–Kier alpha value is -3.28. The molecule has 2 heterocycles. The summed E-state index contributed by atoms with van der Waals surface area (Å²) in [6, 6.07) is 18.0. The van der Waals surface area contributed by atoms with Crippen LogP contribution in [0.1, 0.15) is 35.2 Å². The third-order valence-electron chi connectivity index (χ3n) is 5.51. The van der Waals surface area contributed by atoms with Crippen LogP contribution in [0, 0.1) is 5.92 Å². The first kappa shape index (κ1) is 20.6. The van der Waals surface area contributed by atoms with E-state index < -0.39 is 5.97 Å². The van der Waals surface area contributed by atoms with Gasteiger partial charge in [0, 0.05) is 12.3 Å². The van der Waals surface area contributed by atoms with Crippen molar-refractivity contribution in [3.63, 3.8) is 0 Å². The van der Waals surface area contributed by atoms with Gasteiger partial charge in [0.2, 0.25) is 0 Å². The average molecular weight is 459 g/mol. The van der Waals surface area contributed by atoms with Crippen molar-refractivity contribution in [2.75, 3.05) is 0 Å². The number of aliphatic carboxylic acids is 1. The summed E-state index contributed by atoms with van der Waals surface area (Å²) in [5.74, 6) is -0.567. The van der Waals surface area contributed by atoms with E-state index in [-0.39, 0.29) is 0 Å². The molecule has 0 saturated heterocycles. The van der Waals surface area contributed by atoms with Gasteiger partial charge < -0.3 is 5.11 Å². The number of thiazole rings is 1. The normalized spacial score (nSPS) is 14.7. The summed E-state index contributed by atoms with van der Waals surface area (Å²) in [5, 5.41) is 9.55. The molecular weight excluding hydrogens is 440 g/mol. The van der Waals surface area contributed by atoms with E-state index in [0.717, 1.165) is 62.7 Å². The van der Waals surface area contributed by atoms with Crippen LogP contribution in [0.3, 0.4) is 0 Å². The molecule has 0 radical (unpaired) electrons. The van der Waals surface area contributed by atoms with Crippen molar-refractivity contribution in [2.45, 2.75) is 12.8 Å². The number of carbonyl (C=O) groups is 1. The summed E-state index contributed by atoms with van der Waals surface area (Å²) in [4.78, 5) is 20.0. The van der Waals surface area contributed by atoms with Gasteiger partial charge in [0.1, 0.15) is 0 Å². The molecule has 32 heavy (non-hydrogen) atoms. The Labute approximate surface area is 194 Å². The van der Waals surface area contributed by atoms with Crippen molar-refractivity contribution in [1.82, 2.24) is 9.97 Å². The number of aromatic nitrogens is 2. The third-order valence-corrected chi connectivity index (χ3v) is 6.62. The first-order valence-corrected chi connectivity index (χ1v) is 11.6. The molecule has 0 bridgehead atoms. The highest BCUT2D eigenvalue weighted by Crippen LogP contribution is 2.48. The van der Waals surface area contributed by atoms with E-state index in [1.165, 1.54) is 0 Å². The molecule has 0 unspecified atom stereocenters. The summed E-state index contributed by atoms with van der Waals surface area (Å²) < 4.78 is 1.14. The number of halogens is 1. The number of nitrogens with zero attached hydrogens (tertiary/aromatic N) is 2. The van der Waals surface area contributed by atoms with Crippen LogP contribution in [0.25, 0.3) is 27.4 Å². The maximum atomic E-state index is 10.9. The molecule has 5 rings (SSSR count). The quantitative estimate of drug-likeness (QED) is 0.322. The van der Waals surface area contributed by atoms with Crippen LogP contribution < -0.4 is 0 Å². The van der Waals surface area contributed by atoms with Crippen molar-refractivity contribution in [1.29, 1.82) is 0 Å². The molecule has 1 saturated carbocycles. The standard InChI is InChI=1S/C26H19ClN2O2S/c27-20-2-1-13-28-26(20)25(18-8-9-18)24(19-10-11-22-21(14-19)29-15-32-22)17-6-3-16(4-7-17)5-12-23(30)31/h1-7,10-15,18H,8-9H2,(H,30,31). The van der Waals surface area contributed by atoms with Crippen molar-refractivity contribution >= 4 is 56.3 Å². The van der Waals surface area contributed by atoms with Crippen LogP contribution in [0.15, 0.2) is 72.4 Å². The number of rotatable bonds is 6. The molecule has 1 N–H and O–H groups in total. The minimum Gasteiger partial charge on any atom is -0.478 e. The largest absolute Gasteiger partial charge is 0.478 e. The highest BCUT2D eigenvalue weighted by atomic mass is 35.5. The molecule has 0 atom stereocenters. The molecular formula is C26H19ClN2O2S. The van der Waals surface area contributed by atoms with E-state index in [2.05, 4.69) is 28.2 Å². The van der Waals surface area contributed by atoms with Gasteiger partial charge in [-0.15, -0.1) is 11.3 Å². The van der Waals surface area contributed by atoms with Crippen LogP contribution in [-0.4, -0.2) is 21.0 Å². The van der Waals surface area contributed by atoms with E-state index in [4.69, 9.17) is 16.7 Å². The molecule has 0 spiro atoms. The van der Waals surface area contributed by atoms with E-state index in [1.54, 1.807) is 23.6 Å². The van der Waals surface area contributed by atoms with Crippen LogP contribution in [0.2, 0.25) is 5.02 Å². The second kappa shape index (κ2) is 8.69. The molecule has 4 nitrogen and oxygen atoms in total. The lowest BCUT2D eigenvalue weighted by molar-refractivity contribution is -0.131. The zero-order chi connectivity index (χ0) is 22.1. The lowest BCUT2D eigenvalue weighted by Crippen LogP contribution is -2.00. The summed E-state index contributed by atoms with van der Waals surface area (Å²) in [6.07, 6.45) is 6.72. The molecule has 1 fully saturated rings. The van der Waals surface area contributed by atoms with E-state index in [1.807, 2.05) is 41.9 Å². The van der Waals surface area contributed by atoms with Gasteiger partial charge in [-0.1, -0.05) is 41.9 Å². The Morgan fingerprint density at radius 1 is 1.06 bits per heavy atom. The second-order valence-corrected chi connectivity index (χ2v) is 9.02. The van der Waals surface area contributed by atoms with Gasteiger partial charge in [-0.05, 0) is 76.9 Å². The summed E-state index contributed by atoms with van der Waals surface area (Å²) in [7, 11) is 0. The molecule has 1 aliphatic carbocycles. The summed E-state index contributed by atoms with van der Waals surface area (Å²) in [5.41, 5.74) is 8.83. The molecule has 4 aromatic rings. The predicted octanol–water partition coefficient (Wildman–Crippen LogP) is 6.81. The molecule has 158 valence electrons. The van der Waals surface area contributed by atoms with Gasteiger partial charge in [0.05, 0.1) is 26.4 Å². The molecule has 0 amide bonds. The smallest absolute Gasteiger partial charge is 0.328 e. The predicted molar refractivity (Wildman–Crippen MR) is 131 cm³/mol. The van der Waals surface area contributed by atoms with Gasteiger partial charge >= 0.3 is 5.97 Å². The van der Waals surface area contributed by atoms with Gasteiger partial charge in [0.15, 0.2) is 0 Å². The number of hydrogen-bond acceptors (Lipinski definition) is 4. The highest BCUT2D eigenvalue weighted by molar-refractivity contribution is 7.16. The maximum absolute atomic E-state index is 10.9. The number of carboxylic acids is 1. The van der Waals surface area contributed by atoms with Gasteiger partial charge in [0.25, 0.3) is 0 Å². The maximum Gasteiger partial charge on any atom is 0.328 e. The molecule has 6 heteroatoms. The molecule has 2 aromatic heterocycles. The average Bonchev–Trinajstić information content (AvgIpc) is 3.53. The minimum absolute atomic E-state index is 0.398. The van der Waals surface area contributed by atoms with Crippen LogP contribution in [0.5, 0.6) is 0 Å². The summed E-state index contributed by atoms with van der Waals surface area (Å²) >= 11 is 8.23. The SMILES string of the molecule is O=C(O)C=Cc1ccc(C(=C(c2ncccc2Cl)C2CC2)c2ccc3scnc3c2)cc1. The topological polar surface area (TPSA) is 63.1 Å². The van der Waals surface area contributed by atoms with E-state index in [9.17, 15) is 4.79 Å². The first-order valence-electron chi connectivity index (χ1n) is 10.3. The fourth-order valence-corrected chi connectivity index (χ4v) is 4.77. The Morgan fingerprint density at radius 2 is 1.84 bits per heavy atom. The Kier molecular flexibility index (Phi) is 5.60. The van der Waals surface area contributed by atoms with Gasteiger partial charge in [-0.3, -0.25) is 4.98 Å². The monoisotopic (exact) mass is 458 g/mol. The second-order valence-electron chi connectivity index (χ2n) is 7.73. The van der Waals surface area contributed by atoms with E-state index >= 15 is 0 Å². The van der Waals surface area contributed by atoms with Crippen molar-refractivity contribution in [3.05, 3.63) is 99.8 Å². The molecule has 1 aliphatic rings. The first-order chi connectivity index (χ1) is 15.6. The van der Waals surface area contributed by atoms with Crippen LogP contribution >= 0.6 is 22.9 Å². The van der Waals surface area contributed by atoms with Crippen LogP contribution in [0.4, 0.5) is 0 Å². The fourth-order valence-electron chi connectivity index (χ4n) is 3.89. The fraction of sp³-hybridized carbons (Fsp3) is 0.115. The van der Waals surface area contributed by atoms with Crippen molar-refractivity contribution in [2.24, 2.45) is 5.92 Å². The Balaban J connectivity index is 1.73. The Morgan fingerprint density at radius 3 is 2.56 bits per heavy atom. The zero-order valence-electron chi connectivity index (χ0n) is 17.0.